The average molecular weight is 313 g/mol. The highest BCUT2D eigenvalue weighted by atomic mass is 35.5. The van der Waals surface area contributed by atoms with Gasteiger partial charge in [0.1, 0.15) is 29.0 Å². The van der Waals surface area contributed by atoms with Crippen LogP contribution in [-0.2, 0) is 0 Å². The molecule has 3 aromatic rings. The van der Waals surface area contributed by atoms with Crippen LogP contribution in [0.15, 0.2) is 48.5 Å². The first-order valence-corrected chi connectivity index (χ1v) is 6.79. The lowest BCUT2D eigenvalue weighted by atomic mass is 10.1. The molecule has 2 N–H and O–H groups in total. The number of nitriles is 1. The maximum absolute atomic E-state index is 14.0. The van der Waals surface area contributed by atoms with Crippen molar-refractivity contribution < 1.29 is 4.39 Å². The molecule has 22 heavy (non-hydrogen) atoms. The average Bonchev–Trinajstić information content (AvgIpc) is 2.85. The Morgan fingerprint density at radius 2 is 1.82 bits per heavy atom. The molecule has 0 spiro atoms. The quantitative estimate of drug-likeness (QED) is 0.783. The third kappa shape index (κ3) is 2.30. The standard InChI is InChI=1S/C16H10ClFN4/c17-10-5-7-11(8-6-10)22-16(20)13(9-19)15(21-22)12-3-1-2-4-14(12)18/h1-8H,20H2. The van der Waals surface area contributed by atoms with Crippen molar-refractivity contribution in [2.75, 3.05) is 5.73 Å². The first-order valence-electron chi connectivity index (χ1n) is 6.41. The van der Waals surface area contributed by atoms with Crippen LogP contribution in [-0.4, -0.2) is 9.78 Å². The van der Waals surface area contributed by atoms with Crippen molar-refractivity contribution >= 4 is 17.4 Å². The second-order valence-electron chi connectivity index (χ2n) is 4.59. The Labute approximate surface area is 131 Å². The smallest absolute Gasteiger partial charge is 0.145 e. The molecule has 0 aliphatic rings. The molecule has 0 fully saturated rings. The molecular weight excluding hydrogens is 303 g/mol. The Morgan fingerprint density at radius 1 is 1.14 bits per heavy atom. The molecule has 0 radical (unpaired) electrons. The van der Waals surface area contributed by atoms with Gasteiger partial charge >= 0.3 is 0 Å². The second kappa shape index (κ2) is 5.51. The fourth-order valence-electron chi connectivity index (χ4n) is 2.16. The summed E-state index contributed by atoms with van der Waals surface area (Å²) in [6, 6.07) is 14.9. The second-order valence-corrected chi connectivity index (χ2v) is 5.03. The lowest BCUT2D eigenvalue weighted by Crippen LogP contribution is -2.02. The molecule has 4 nitrogen and oxygen atoms in total. The molecule has 6 heteroatoms. The van der Waals surface area contributed by atoms with Gasteiger partial charge in [-0.1, -0.05) is 23.7 Å². The number of nitrogens with two attached hydrogens (primary N) is 1. The van der Waals surface area contributed by atoms with Crippen LogP contribution in [0.2, 0.25) is 5.02 Å². The van der Waals surface area contributed by atoms with E-state index < -0.39 is 5.82 Å². The predicted octanol–water partition coefficient (Wildman–Crippen LogP) is 3.79. The molecule has 0 bridgehead atoms. The number of benzene rings is 2. The first kappa shape index (κ1) is 14.1. The highest BCUT2D eigenvalue weighted by molar-refractivity contribution is 6.30. The van der Waals surface area contributed by atoms with Crippen molar-refractivity contribution in [3.8, 4) is 23.0 Å². The molecule has 0 atom stereocenters. The van der Waals surface area contributed by atoms with Gasteiger partial charge in [-0.15, -0.1) is 0 Å². The summed E-state index contributed by atoms with van der Waals surface area (Å²) >= 11 is 5.86. The molecule has 1 heterocycles. The van der Waals surface area contributed by atoms with E-state index >= 15 is 0 Å². The number of anilines is 1. The summed E-state index contributed by atoms with van der Waals surface area (Å²) < 4.78 is 15.4. The van der Waals surface area contributed by atoms with Crippen LogP contribution < -0.4 is 5.73 Å². The largest absolute Gasteiger partial charge is 0.382 e. The zero-order chi connectivity index (χ0) is 15.7. The van der Waals surface area contributed by atoms with Crippen molar-refractivity contribution in [3.05, 3.63) is 64.9 Å². The Bertz CT molecular complexity index is 878. The van der Waals surface area contributed by atoms with Crippen LogP contribution in [0.4, 0.5) is 10.2 Å². The molecule has 0 aliphatic carbocycles. The number of nitrogen functional groups attached to an aromatic ring is 1. The van der Waals surface area contributed by atoms with Crippen LogP contribution in [0, 0.1) is 17.1 Å². The van der Waals surface area contributed by atoms with Crippen LogP contribution in [0.3, 0.4) is 0 Å². The van der Waals surface area contributed by atoms with Gasteiger partial charge < -0.3 is 5.73 Å². The normalized spacial score (nSPS) is 10.4. The van der Waals surface area contributed by atoms with Gasteiger partial charge in [-0.05, 0) is 36.4 Å². The van der Waals surface area contributed by atoms with Gasteiger partial charge in [-0.25, -0.2) is 9.07 Å². The summed E-state index contributed by atoms with van der Waals surface area (Å²) in [6.45, 7) is 0. The monoisotopic (exact) mass is 312 g/mol. The number of rotatable bonds is 2. The Hall–Kier alpha value is -2.84. The zero-order valence-corrected chi connectivity index (χ0v) is 12.0. The minimum atomic E-state index is -0.459. The van der Waals surface area contributed by atoms with E-state index in [9.17, 15) is 9.65 Å². The molecule has 108 valence electrons. The van der Waals surface area contributed by atoms with E-state index in [2.05, 4.69) is 5.10 Å². The van der Waals surface area contributed by atoms with Crippen molar-refractivity contribution in [1.82, 2.24) is 9.78 Å². The van der Waals surface area contributed by atoms with Gasteiger partial charge in [0.05, 0.1) is 5.69 Å². The highest BCUT2D eigenvalue weighted by Gasteiger charge is 2.20. The molecule has 0 unspecified atom stereocenters. The molecule has 0 amide bonds. The lowest BCUT2D eigenvalue weighted by molar-refractivity contribution is 0.630. The fraction of sp³-hybridized carbons (Fsp3) is 0. The summed E-state index contributed by atoms with van der Waals surface area (Å²) in [5, 5.41) is 14.2. The minimum Gasteiger partial charge on any atom is -0.382 e. The first-order chi connectivity index (χ1) is 10.6. The van der Waals surface area contributed by atoms with E-state index in [-0.39, 0.29) is 22.6 Å². The van der Waals surface area contributed by atoms with Crippen molar-refractivity contribution in [2.45, 2.75) is 0 Å². The number of hydrogen-bond acceptors (Lipinski definition) is 3. The van der Waals surface area contributed by atoms with Gasteiger partial charge in [0, 0.05) is 10.6 Å². The lowest BCUT2D eigenvalue weighted by Gasteiger charge is -2.03. The number of aromatic nitrogens is 2. The predicted molar refractivity (Wildman–Crippen MR) is 83.1 cm³/mol. The zero-order valence-electron chi connectivity index (χ0n) is 11.3. The maximum atomic E-state index is 14.0. The van der Waals surface area contributed by atoms with Crippen LogP contribution in [0.25, 0.3) is 16.9 Å². The van der Waals surface area contributed by atoms with E-state index in [0.717, 1.165) is 0 Å². The van der Waals surface area contributed by atoms with Crippen LogP contribution in [0.1, 0.15) is 5.56 Å². The van der Waals surface area contributed by atoms with Crippen molar-refractivity contribution in [1.29, 1.82) is 5.26 Å². The van der Waals surface area contributed by atoms with Crippen LogP contribution in [0.5, 0.6) is 0 Å². The van der Waals surface area contributed by atoms with E-state index in [1.54, 1.807) is 42.5 Å². The summed E-state index contributed by atoms with van der Waals surface area (Å²) in [5.41, 5.74) is 7.22. The van der Waals surface area contributed by atoms with Crippen molar-refractivity contribution in [2.24, 2.45) is 0 Å². The van der Waals surface area contributed by atoms with Gasteiger partial charge in [0.15, 0.2) is 0 Å². The molecule has 2 aromatic carbocycles. The highest BCUT2D eigenvalue weighted by Crippen LogP contribution is 2.30. The third-order valence-electron chi connectivity index (χ3n) is 3.23. The molecule has 3 rings (SSSR count). The van der Waals surface area contributed by atoms with E-state index in [1.165, 1.54) is 10.7 Å². The van der Waals surface area contributed by atoms with Gasteiger partial charge in [0.25, 0.3) is 0 Å². The Kier molecular flexibility index (Phi) is 3.53. The maximum Gasteiger partial charge on any atom is 0.145 e. The van der Waals surface area contributed by atoms with Crippen molar-refractivity contribution in [3.63, 3.8) is 0 Å². The molecule has 0 aliphatic heterocycles. The topological polar surface area (TPSA) is 67.6 Å². The summed E-state index contributed by atoms with van der Waals surface area (Å²) in [5.74, 6) is -0.303. The number of nitrogens with zero attached hydrogens (tertiary/aromatic N) is 3. The van der Waals surface area contributed by atoms with Gasteiger partial charge in [0.2, 0.25) is 0 Å². The van der Waals surface area contributed by atoms with Crippen LogP contribution >= 0.6 is 11.6 Å². The number of halogens is 2. The van der Waals surface area contributed by atoms with E-state index in [0.29, 0.717) is 10.7 Å². The van der Waals surface area contributed by atoms with Gasteiger partial charge in [-0.3, -0.25) is 0 Å². The Morgan fingerprint density at radius 3 is 2.45 bits per heavy atom. The molecule has 1 aromatic heterocycles. The fourth-order valence-corrected chi connectivity index (χ4v) is 2.29. The third-order valence-corrected chi connectivity index (χ3v) is 3.49. The molecular formula is C16H10ClFN4. The SMILES string of the molecule is N#Cc1c(-c2ccccc2F)nn(-c2ccc(Cl)cc2)c1N. The summed E-state index contributed by atoms with van der Waals surface area (Å²) in [4.78, 5) is 0. The summed E-state index contributed by atoms with van der Waals surface area (Å²) in [6.07, 6.45) is 0. The molecule has 0 saturated heterocycles. The number of hydrogen-bond donors (Lipinski definition) is 1. The van der Waals surface area contributed by atoms with Gasteiger partial charge in [-0.2, -0.15) is 10.4 Å². The molecule has 0 saturated carbocycles. The van der Waals surface area contributed by atoms with E-state index in [4.69, 9.17) is 17.3 Å². The van der Waals surface area contributed by atoms with E-state index in [1.807, 2.05) is 6.07 Å². The summed E-state index contributed by atoms with van der Waals surface area (Å²) in [7, 11) is 0. The Balaban J connectivity index is 2.22. The minimum absolute atomic E-state index is 0.139.